The Balaban J connectivity index is 2.13. The van der Waals surface area contributed by atoms with Crippen molar-refractivity contribution in [3.8, 4) is 11.5 Å². The molecule has 2 atom stereocenters. The van der Waals surface area contributed by atoms with Crippen LogP contribution in [-0.4, -0.2) is 58.0 Å². The van der Waals surface area contributed by atoms with Crippen molar-refractivity contribution in [1.29, 1.82) is 0 Å². The van der Waals surface area contributed by atoms with Crippen LogP contribution in [0.3, 0.4) is 0 Å². The van der Waals surface area contributed by atoms with Crippen LogP contribution in [0.15, 0.2) is 65.6 Å². The number of nitrogens with zero attached hydrogens (tertiary/aromatic N) is 2. The van der Waals surface area contributed by atoms with E-state index in [0.29, 0.717) is 27.8 Å². The molecule has 0 heterocycles. The van der Waals surface area contributed by atoms with E-state index in [1.807, 2.05) is 20.8 Å². The molecule has 0 aliphatic heterocycles. The van der Waals surface area contributed by atoms with Gasteiger partial charge in [-0.05, 0) is 68.7 Å². The lowest BCUT2D eigenvalue weighted by Gasteiger charge is -2.34. The minimum Gasteiger partial charge on any atom is -0.493 e. The third-order valence-corrected chi connectivity index (χ3v) is 9.79. The van der Waals surface area contributed by atoms with E-state index >= 15 is 0 Å². The predicted molar refractivity (Wildman–Crippen MR) is 174 cm³/mol. The largest absolute Gasteiger partial charge is 0.493 e. The summed E-state index contributed by atoms with van der Waals surface area (Å²) in [5.74, 6) is -0.250. The highest BCUT2D eigenvalue weighted by molar-refractivity contribution is 7.92. The maximum atomic E-state index is 14.3. The molecule has 3 aromatic rings. The average Bonchev–Trinajstić information content (AvgIpc) is 3.00. The monoisotopic (exact) mass is 663 g/mol. The third-order valence-electron chi connectivity index (χ3n) is 7.27. The quantitative estimate of drug-likeness (QED) is 0.219. The number of carbonyl (C=O) groups excluding carboxylic acids is 2. The maximum absolute atomic E-state index is 14.3. The summed E-state index contributed by atoms with van der Waals surface area (Å²) in [6, 6.07) is 14.9. The fraction of sp³-hybridized carbons (Fsp3) is 0.375. The highest BCUT2D eigenvalue weighted by Crippen LogP contribution is 2.34. The Morgan fingerprint density at radius 1 is 0.886 bits per heavy atom. The van der Waals surface area contributed by atoms with Crippen LogP contribution in [-0.2, 0) is 26.2 Å². The average molecular weight is 665 g/mol. The van der Waals surface area contributed by atoms with Gasteiger partial charge in [0.2, 0.25) is 11.8 Å². The van der Waals surface area contributed by atoms with Gasteiger partial charge in [-0.25, -0.2) is 8.42 Å². The number of rotatable bonds is 14. The van der Waals surface area contributed by atoms with E-state index in [4.69, 9.17) is 32.7 Å². The summed E-state index contributed by atoms with van der Waals surface area (Å²) in [4.78, 5) is 29.1. The summed E-state index contributed by atoms with van der Waals surface area (Å²) in [6.07, 6.45) is 0.987. The summed E-state index contributed by atoms with van der Waals surface area (Å²) in [5, 5.41) is 3.59. The van der Waals surface area contributed by atoms with E-state index in [1.54, 1.807) is 43.3 Å². The SMILES string of the molecule is CC[C@@H](C)NC(=O)[C@H](CC)N(Cc1ccc(Cl)c(Cl)c1)C(=O)CN(c1ccc(OC)c(OC)c1)S(=O)(=O)c1ccc(C)cc1. The topological polar surface area (TPSA) is 105 Å². The number of hydrogen-bond donors (Lipinski definition) is 1. The van der Waals surface area contributed by atoms with Gasteiger partial charge in [-0.2, -0.15) is 0 Å². The smallest absolute Gasteiger partial charge is 0.264 e. The predicted octanol–water partition coefficient (Wildman–Crippen LogP) is 6.24. The summed E-state index contributed by atoms with van der Waals surface area (Å²) < 4.78 is 40.0. The van der Waals surface area contributed by atoms with Gasteiger partial charge in [-0.15, -0.1) is 0 Å². The van der Waals surface area contributed by atoms with Crippen molar-refractivity contribution in [3.63, 3.8) is 0 Å². The molecular formula is C32H39Cl2N3O6S. The van der Waals surface area contributed by atoms with Crippen LogP contribution >= 0.6 is 23.2 Å². The summed E-state index contributed by atoms with van der Waals surface area (Å²) in [7, 11) is -1.35. The van der Waals surface area contributed by atoms with Crippen LogP contribution < -0.4 is 19.1 Å². The van der Waals surface area contributed by atoms with Crippen molar-refractivity contribution in [2.24, 2.45) is 0 Å². The number of nitrogens with one attached hydrogen (secondary N) is 1. The molecule has 0 unspecified atom stereocenters. The van der Waals surface area contributed by atoms with Gasteiger partial charge in [0.15, 0.2) is 11.5 Å². The summed E-state index contributed by atoms with van der Waals surface area (Å²) in [5.41, 5.74) is 1.69. The van der Waals surface area contributed by atoms with Gasteiger partial charge in [0.1, 0.15) is 12.6 Å². The first-order chi connectivity index (χ1) is 20.9. The molecule has 44 heavy (non-hydrogen) atoms. The molecule has 0 fully saturated rings. The zero-order valence-electron chi connectivity index (χ0n) is 25.8. The molecule has 0 aliphatic carbocycles. The molecule has 238 valence electrons. The second-order valence-electron chi connectivity index (χ2n) is 10.4. The second kappa shape index (κ2) is 15.5. The first-order valence-corrected chi connectivity index (χ1v) is 16.4. The van der Waals surface area contributed by atoms with Gasteiger partial charge in [0, 0.05) is 18.7 Å². The van der Waals surface area contributed by atoms with E-state index in [2.05, 4.69) is 5.32 Å². The maximum Gasteiger partial charge on any atom is 0.264 e. The fourth-order valence-electron chi connectivity index (χ4n) is 4.54. The van der Waals surface area contributed by atoms with E-state index in [0.717, 1.165) is 9.87 Å². The van der Waals surface area contributed by atoms with Crippen molar-refractivity contribution in [3.05, 3.63) is 81.8 Å². The molecule has 12 heteroatoms. The number of ether oxygens (including phenoxy) is 2. The van der Waals surface area contributed by atoms with Gasteiger partial charge in [-0.1, -0.05) is 60.8 Å². The Hall–Kier alpha value is -3.47. The molecule has 0 radical (unpaired) electrons. The zero-order valence-corrected chi connectivity index (χ0v) is 28.1. The van der Waals surface area contributed by atoms with Crippen LogP contribution in [0.1, 0.15) is 44.7 Å². The van der Waals surface area contributed by atoms with Crippen molar-refractivity contribution in [1.82, 2.24) is 10.2 Å². The fourth-order valence-corrected chi connectivity index (χ4v) is 6.27. The lowest BCUT2D eigenvalue weighted by molar-refractivity contribution is -0.140. The molecule has 1 N–H and O–H groups in total. The van der Waals surface area contributed by atoms with Crippen LogP contribution in [0.5, 0.6) is 11.5 Å². The Morgan fingerprint density at radius 2 is 1.55 bits per heavy atom. The van der Waals surface area contributed by atoms with Gasteiger partial charge in [0.05, 0.1) is 34.8 Å². The molecule has 2 amide bonds. The summed E-state index contributed by atoms with van der Waals surface area (Å²) >= 11 is 12.4. The zero-order chi connectivity index (χ0) is 32.6. The highest BCUT2D eigenvalue weighted by atomic mass is 35.5. The highest BCUT2D eigenvalue weighted by Gasteiger charge is 2.34. The van der Waals surface area contributed by atoms with Crippen LogP contribution in [0.4, 0.5) is 5.69 Å². The number of sulfonamides is 1. The molecule has 0 aliphatic rings. The molecule has 0 bridgehead atoms. The lowest BCUT2D eigenvalue weighted by atomic mass is 10.1. The normalized spacial score (nSPS) is 12.6. The van der Waals surface area contributed by atoms with Crippen molar-refractivity contribution < 1.29 is 27.5 Å². The molecule has 9 nitrogen and oxygen atoms in total. The number of benzene rings is 3. The Labute approximate surface area is 270 Å². The minimum absolute atomic E-state index is 0.00303. The number of hydrogen-bond acceptors (Lipinski definition) is 6. The van der Waals surface area contributed by atoms with Gasteiger partial charge < -0.3 is 19.7 Å². The minimum atomic E-state index is -4.25. The van der Waals surface area contributed by atoms with Crippen molar-refractivity contribution in [2.45, 2.75) is 64.1 Å². The Bertz CT molecular complexity index is 1570. The number of halogens is 2. The molecule has 0 saturated heterocycles. The number of aryl methyl sites for hydroxylation is 1. The Morgan fingerprint density at radius 3 is 2.11 bits per heavy atom. The number of carbonyl (C=O) groups is 2. The lowest BCUT2D eigenvalue weighted by Crippen LogP contribution is -2.53. The number of amides is 2. The van der Waals surface area contributed by atoms with E-state index in [-0.39, 0.29) is 41.2 Å². The van der Waals surface area contributed by atoms with Crippen LogP contribution in [0.25, 0.3) is 0 Å². The van der Waals surface area contributed by atoms with E-state index in [1.165, 1.54) is 43.4 Å². The third kappa shape index (κ3) is 8.37. The molecule has 3 rings (SSSR count). The van der Waals surface area contributed by atoms with E-state index in [9.17, 15) is 18.0 Å². The molecule has 0 saturated carbocycles. The van der Waals surface area contributed by atoms with Gasteiger partial charge >= 0.3 is 0 Å². The van der Waals surface area contributed by atoms with Crippen molar-refractivity contribution >= 4 is 50.7 Å². The standard InChI is InChI=1S/C32H39Cl2N3O6S/c1-7-22(4)35-32(39)28(8-2)36(19-23-11-15-26(33)27(34)17-23)31(38)20-37(24-12-16-29(42-5)30(18-24)43-6)44(40,41)25-13-9-21(3)10-14-25/h9-18,22,28H,7-8,19-20H2,1-6H3,(H,35,39)/t22-,28+/m1/s1. The first-order valence-electron chi connectivity index (χ1n) is 14.2. The Kier molecular flexibility index (Phi) is 12.3. The number of anilines is 1. The second-order valence-corrected chi connectivity index (χ2v) is 13.1. The van der Waals surface area contributed by atoms with Crippen molar-refractivity contribution in [2.75, 3.05) is 25.1 Å². The van der Waals surface area contributed by atoms with Gasteiger partial charge in [-0.3, -0.25) is 13.9 Å². The first kappa shape index (κ1) is 35.0. The molecular weight excluding hydrogens is 625 g/mol. The van der Waals surface area contributed by atoms with Crippen LogP contribution in [0, 0.1) is 6.92 Å². The van der Waals surface area contributed by atoms with Crippen LogP contribution in [0.2, 0.25) is 10.0 Å². The van der Waals surface area contributed by atoms with Gasteiger partial charge in [0.25, 0.3) is 10.0 Å². The molecule has 0 spiro atoms. The number of methoxy groups -OCH3 is 2. The summed E-state index contributed by atoms with van der Waals surface area (Å²) in [6.45, 7) is 6.87. The molecule has 0 aromatic heterocycles. The molecule has 3 aromatic carbocycles. The van der Waals surface area contributed by atoms with E-state index < -0.39 is 28.5 Å².